The maximum absolute atomic E-state index is 13.3. The van der Waals surface area contributed by atoms with Crippen LogP contribution >= 0.6 is 11.3 Å². The number of aliphatic hydroxyl groups is 1. The average Bonchev–Trinajstić information content (AvgIpc) is 3.34. The predicted octanol–water partition coefficient (Wildman–Crippen LogP) is 5.13. The van der Waals surface area contributed by atoms with Crippen LogP contribution in [0.4, 0.5) is 4.39 Å². The number of benzene rings is 2. The third-order valence-corrected chi connectivity index (χ3v) is 6.32. The summed E-state index contributed by atoms with van der Waals surface area (Å²) in [7, 11) is 0. The number of hydrogen-bond donors (Lipinski definition) is 1. The van der Waals surface area contributed by atoms with Crippen LogP contribution in [-0.2, 0) is 16.1 Å². The molecule has 4 nitrogen and oxygen atoms in total. The number of nitrogens with zero attached hydrogens (tertiary/aromatic N) is 1. The second kappa shape index (κ2) is 7.88. The number of hydrogen-bond acceptors (Lipinski definition) is 4. The minimum Gasteiger partial charge on any atom is -0.507 e. The molecular formula is C24H20FNO3S. The summed E-state index contributed by atoms with van der Waals surface area (Å²) in [4.78, 5) is 28.1. The van der Waals surface area contributed by atoms with Gasteiger partial charge in [0.15, 0.2) is 0 Å². The summed E-state index contributed by atoms with van der Waals surface area (Å²) in [5.74, 6) is -1.95. The lowest BCUT2D eigenvalue weighted by Gasteiger charge is -2.24. The number of rotatable bonds is 4. The van der Waals surface area contributed by atoms with Crippen LogP contribution < -0.4 is 0 Å². The van der Waals surface area contributed by atoms with Crippen LogP contribution in [-0.4, -0.2) is 21.7 Å². The van der Waals surface area contributed by atoms with Crippen LogP contribution in [0.2, 0.25) is 0 Å². The minimum absolute atomic E-state index is 0.0767. The number of likely N-dealkylation sites (tertiary alicyclic amines) is 1. The van der Waals surface area contributed by atoms with Gasteiger partial charge in [-0.15, -0.1) is 11.3 Å². The molecule has 0 aliphatic carbocycles. The van der Waals surface area contributed by atoms with Gasteiger partial charge in [-0.25, -0.2) is 4.39 Å². The monoisotopic (exact) mass is 421 g/mol. The minimum atomic E-state index is -0.716. The Kier molecular flexibility index (Phi) is 5.26. The largest absolute Gasteiger partial charge is 0.507 e. The van der Waals surface area contributed by atoms with Crippen LogP contribution in [0.1, 0.15) is 33.2 Å². The van der Waals surface area contributed by atoms with Gasteiger partial charge >= 0.3 is 0 Å². The van der Waals surface area contributed by atoms with Crippen molar-refractivity contribution in [1.29, 1.82) is 0 Å². The molecule has 3 aromatic rings. The summed E-state index contributed by atoms with van der Waals surface area (Å²) in [6.07, 6.45) is 0. The summed E-state index contributed by atoms with van der Waals surface area (Å²) in [6.45, 7) is 4.03. The summed E-state index contributed by atoms with van der Waals surface area (Å²) in [5.41, 5.74) is 3.32. The number of amides is 1. The number of aliphatic hydroxyl groups excluding tert-OH is 1. The van der Waals surface area contributed by atoms with E-state index in [2.05, 4.69) is 0 Å². The normalized spacial score (nSPS) is 18.2. The molecule has 0 spiro atoms. The molecule has 6 heteroatoms. The van der Waals surface area contributed by atoms with E-state index in [1.165, 1.54) is 28.4 Å². The van der Waals surface area contributed by atoms with Crippen molar-refractivity contribution in [3.05, 3.63) is 98.5 Å². The molecule has 1 N–H and O–H groups in total. The fourth-order valence-corrected chi connectivity index (χ4v) is 4.46. The van der Waals surface area contributed by atoms with E-state index in [0.29, 0.717) is 11.1 Å². The first kappa shape index (κ1) is 20.0. The third-order valence-electron chi connectivity index (χ3n) is 5.40. The van der Waals surface area contributed by atoms with Gasteiger partial charge in [-0.1, -0.05) is 30.3 Å². The molecule has 1 saturated heterocycles. The number of halogens is 1. The first-order chi connectivity index (χ1) is 14.4. The van der Waals surface area contributed by atoms with Gasteiger partial charge in [0.25, 0.3) is 11.7 Å². The highest BCUT2D eigenvalue weighted by Gasteiger charge is 2.46. The van der Waals surface area contributed by atoms with Gasteiger partial charge in [0.2, 0.25) is 0 Å². The lowest BCUT2D eigenvalue weighted by molar-refractivity contribution is -0.140. The Balaban J connectivity index is 1.82. The van der Waals surface area contributed by atoms with Gasteiger partial charge in [0.1, 0.15) is 11.6 Å². The Morgan fingerprint density at radius 3 is 2.43 bits per heavy atom. The summed E-state index contributed by atoms with van der Waals surface area (Å²) >= 11 is 1.41. The average molecular weight is 421 g/mol. The highest BCUT2D eigenvalue weighted by molar-refractivity contribution is 7.10. The number of carbonyl (C=O) groups excluding carboxylic acids is 2. The lowest BCUT2D eigenvalue weighted by atomic mass is 9.97. The summed E-state index contributed by atoms with van der Waals surface area (Å²) in [5, 5.41) is 12.9. The van der Waals surface area contributed by atoms with Crippen molar-refractivity contribution >= 4 is 28.8 Å². The van der Waals surface area contributed by atoms with Crippen LogP contribution in [0, 0.1) is 19.7 Å². The zero-order valence-corrected chi connectivity index (χ0v) is 17.4. The molecule has 1 atom stereocenters. The second-order valence-corrected chi connectivity index (χ2v) is 8.35. The van der Waals surface area contributed by atoms with E-state index in [1.54, 1.807) is 18.2 Å². The van der Waals surface area contributed by atoms with E-state index in [9.17, 15) is 19.1 Å². The molecule has 0 saturated carbocycles. The maximum Gasteiger partial charge on any atom is 0.295 e. The molecule has 1 fully saturated rings. The van der Waals surface area contributed by atoms with Gasteiger partial charge in [-0.2, -0.15) is 0 Å². The zero-order valence-electron chi connectivity index (χ0n) is 16.6. The van der Waals surface area contributed by atoms with Crippen LogP contribution in [0.3, 0.4) is 0 Å². The third kappa shape index (κ3) is 3.55. The Morgan fingerprint density at radius 2 is 1.80 bits per heavy atom. The topological polar surface area (TPSA) is 57.6 Å². The molecule has 2 heterocycles. The molecule has 1 aliphatic heterocycles. The van der Waals surface area contributed by atoms with E-state index in [4.69, 9.17) is 0 Å². The van der Waals surface area contributed by atoms with E-state index < -0.39 is 17.7 Å². The zero-order chi connectivity index (χ0) is 21.4. The van der Waals surface area contributed by atoms with Crippen molar-refractivity contribution in [3.63, 3.8) is 0 Å². The van der Waals surface area contributed by atoms with E-state index >= 15 is 0 Å². The molecule has 1 aromatic heterocycles. The molecule has 1 unspecified atom stereocenters. The molecular weight excluding hydrogens is 401 g/mol. The molecule has 152 valence electrons. The number of ketones is 1. The number of Topliss-reactive ketones (excluding diaryl/α,β-unsaturated/α-hetero) is 1. The van der Waals surface area contributed by atoms with Crippen molar-refractivity contribution in [2.24, 2.45) is 0 Å². The molecule has 0 radical (unpaired) electrons. The van der Waals surface area contributed by atoms with Gasteiger partial charge in [-0.05, 0) is 60.2 Å². The van der Waals surface area contributed by atoms with Crippen LogP contribution in [0.15, 0.2) is 65.6 Å². The van der Waals surface area contributed by atoms with Gasteiger partial charge in [-0.3, -0.25) is 9.59 Å². The first-order valence-corrected chi connectivity index (χ1v) is 10.4. The Morgan fingerprint density at radius 1 is 1.07 bits per heavy atom. The van der Waals surface area contributed by atoms with Crippen molar-refractivity contribution in [3.8, 4) is 0 Å². The second-order valence-electron chi connectivity index (χ2n) is 7.37. The van der Waals surface area contributed by atoms with Crippen LogP contribution in [0.5, 0.6) is 0 Å². The van der Waals surface area contributed by atoms with Crippen molar-refractivity contribution in [2.75, 3.05) is 0 Å². The molecule has 1 aliphatic rings. The smallest absolute Gasteiger partial charge is 0.295 e. The van der Waals surface area contributed by atoms with Gasteiger partial charge in [0.05, 0.1) is 11.6 Å². The van der Waals surface area contributed by atoms with Gasteiger partial charge in [0, 0.05) is 17.0 Å². The lowest BCUT2D eigenvalue weighted by Crippen LogP contribution is -2.28. The van der Waals surface area contributed by atoms with Gasteiger partial charge < -0.3 is 10.0 Å². The number of carbonyl (C=O) groups is 2. The van der Waals surface area contributed by atoms with Crippen molar-refractivity contribution in [1.82, 2.24) is 4.90 Å². The fraction of sp³-hybridized carbons (Fsp3) is 0.167. The first-order valence-electron chi connectivity index (χ1n) is 9.50. The SMILES string of the molecule is Cc1ccc(/C(O)=C2/C(=O)C(=O)N(Cc3ccc(F)cc3)C2c2cccs2)cc1C. The quantitative estimate of drug-likeness (QED) is 0.361. The van der Waals surface area contributed by atoms with E-state index in [0.717, 1.165) is 16.0 Å². The van der Waals surface area contributed by atoms with Crippen LogP contribution in [0.25, 0.3) is 5.76 Å². The van der Waals surface area contributed by atoms with Crippen molar-refractivity contribution < 1.29 is 19.1 Å². The Hall–Kier alpha value is -3.25. The highest BCUT2D eigenvalue weighted by atomic mass is 32.1. The van der Waals surface area contributed by atoms with E-state index in [1.807, 2.05) is 43.5 Å². The number of thiophene rings is 1. The molecule has 4 rings (SSSR count). The molecule has 30 heavy (non-hydrogen) atoms. The Bertz CT molecular complexity index is 1150. The predicted molar refractivity (Wildman–Crippen MR) is 114 cm³/mol. The maximum atomic E-state index is 13.3. The summed E-state index contributed by atoms with van der Waals surface area (Å²) < 4.78 is 13.3. The molecule has 2 aromatic carbocycles. The highest BCUT2D eigenvalue weighted by Crippen LogP contribution is 2.42. The molecule has 0 bridgehead atoms. The fourth-order valence-electron chi connectivity index (χ4n) is 3.62. The van der Waals surface area contributed by atoms with Crippen molar-refractivity contribution in [2.45, 2.75) is 26.4 Å². The standard InChI is InChI=1S/C24H20FNO3S/c1-14-5-8-17(12-15(14)2)22(27)20-21(19-4-3-11-30-19)26(24(29)23(20)28)13-16-6-9-18(25)10-7-16/h3-12,21,27H,13H2,1-2H3/b22-20-. The molecule has 1 amide bonds. The van der Waals surface area contributed by atoms with E-state index in [-0.39, 0.29) is 23.7 Å². The number of aryl methyl sites for hydroxylation is 2. The summed E-state index contributed by atoms with van der Waals surface area (Å²) in [6, 6.07) is 14.2. The Labute approximate surface area is 177 Å².